The van der Waals surface area contributed by atoms with E-state index in [1.54, 1.807) is 0 Å². The second-order valence-corrected chi connectivity index (χ2v) is 5.66. The van der Waals surface area contributed by atoms with Crippen LogP contribution in [0.25, 0.3) is 11.0 Å². The molecule has 0 aliphatic rings. The minimum Gasteiger partial charge on any atom is -0.444 e. The maximum absolute atomic E-state index is 9.58. The Labute approximate surface area is 124 Å². The largest absolute Gasteiger partial charge is 0.444 e. The second-order valence-electron chi connectivity index (χ2n) is 5.32. The van der Waals surface area contributed by atoms with Crippen molar-refractivity contribution in [2.24, 2.45) is 5.41 Å². The van der Waals surface area contributed by atoms with Crippen molar-refractivity contribution in [3.8, 4) is 0 Å². The van der Waals surface area contributed by atoms with Gasteiger partial charge in [0.1, 0.15) is 5.58 Å². The molecule has 0 unspecified atom stereocenters. The lowest BCUT2D eigenvalue weighted by molar-refractivity contribution is 0.113. The van der Waals surface area contributed by atoms with Crippen molar-refractivity contribution in [2.45, 2.75) is 33.2 Å². The molecular formula is C16H22ClNO2. The van der Waals surface area contributed by atoms with E-state index in [2.05, 4.69) is 19.2 Å². The molecule has 0 atom stereocenters. The molecule has 0 saturated carbocycles. The fraction of sp³-hybridized carbons (Fsp3) is 0.500. The van der Waals surface area contributed by atoms with Gasteiger partial charge in [0.25, 0.3) is 0 Å². The lowest BCUT2D eigenvalue weighted by atomic mass is 9.83. The summed E-state index contributed by atoms with van der Waals surface area (Å²) in [6.45, 7) is 5.85. The normalized spacial score (nSPS) is 12.2. The minimum absolute atomic E-state index is 0.0496. The lowest BCUT2D eigenvalue weighted by Crippen LogP contribution is -2.36. The molecule has 110 valence electrons. The molecule has 0 radical (unpaired) electrons. The Morgan fingerprint density at radius 1 is 1.25 bits per heavy atom. The molecule has 2 N–H and O–H groups in total. The highest BCUT2D eigenvalue weighted by Crippen LogP contribution is 2.30. The molecule has 1 aromatic carbocycles. The van der Waals surface area contributed by atoms with E-state index in [1.165, 1.54) is 0 Å². The number of halogens is 1. The average molecular weight is 296 g/mol. The van der Waals surface area contributed by atoms with Gasteiger partial charge in [0.05, 0.1) is 0 Å². The summed E-state index contributed by atoms with van der Waals surface area (Å²) in [6, 6.07) is 7.85. The van der Waals surface area contributed by atoms with Crippen LogP contribution in [0.3, 0.4) is 0 Å². The van der Waals surface area contributed by atoms with Crippen molar-refractivity contribution in [3.63, 3.8) is 0 Å². The van der Waals surface area contributed by atoms with Crippen molar-refractivity contribution in [1.29, 1.82) is 0 Å². The van der Waals surface area contributed by atoms with Crippen LogP contribution in [0.2, 0.25) is 5.22 Å². The molecule has 0 aliphatic heterocycles. The molecular weight excluding hydrogens is 274 g/mol. The van der Waals surface area contributed by atoms with Gasteiger partial charge in [-0.15, -0.1) is 0 Å². The summed E-state index contributed by atoms with van der Waals surface area (Å²) in [7, 11) is 0. The summed E-state index contributed by atoms with van der Waals surface area (Å²) >= 11 is 6.16. The van der Waals surface area contributed by atoms with Crippen LogP contribution >= 0.6 is 11.6 Å². The number of para-hydroxylation sites is 1. The fourth-order valence-corrected chi connectivity index (χ4v) is 2.72. The highest BCUT2D eigenvalue weighted by Gasteiger charge is 2.25. The Kier molecular flexibility index (Phi) is 5.08. The Morgan fingerprint density at radius 2 is 1.95 bits per heavy atom. The quantitative estimate of drug-likeness (QED) is 0.812. The van der Waals surface area contributed by atoms with Crippen molar-refractivity contribution in [2.75, 3.05) is 13.2 Å². The number of benzene rings is 1. The van der Waals surface area contributed by atoms with Gasteiger partial charge in [-0.25, -0.2) is 0 Å². The van der Waals surface area contributed by atoms with Gasteiger partial charge >= 0.3 is 0 Å². The van der Waals surface area contributed by atoms with Crippen molar-refractivity contribution in [1.82, 2.24) is 5.32 Å². The molecule has 0 spiro atoms. The third kappa shape index (κ3) is 3.00. The molecule has 0 aliphatic carbocycles. The molecule has 0 saturated heterocycles. The maximum Gasteiger partial charge on any atom is 0.199 e. The van der Waals surface area contributed by atoms with Crippen molar-refractivity contribution < 1.29 is 9.52 Å². The molecule has 4 heteroatoms. The van der Waals surface area contributed by atoms with Gasteiger partial charge in [0, 0.05) is 36.1 Å². The van der Waals surface area contributed by atoms with E-state index in [9.17, 15) is 5.11 Å². The Hall–Kier alpha value is -1.03. The van der Waals surface area contributed by atoms with Crippen LogP contribution in [0.4, 0.5) is 0 Å². The highest BCUT2D eigenvalue weighted by molar-refractivity contribution is 6.30. The number of hydrogen-bond donors (Lipinski definition) is 2. The van der Waals surface area contributed by atoms with E-state index in [-0.39, 0.29) is 12.0 Å². The lowest BCUT2D eigenvalue weighted by Gasteiger charge is -2.29. The highest BCUT2D eigenvalue weighted by atomic mass is 35.5. The van der Waals surface area contributed by atoms with Gasteiger partial charge < -0.3 is 14.8 Å². The van der Waals surface area contributed by atoms with E-state index in [1.807, 2.05) is 24.3 Å². The monoisotopic (exact) mass is 295 g/mol. The summed E-state index contributed by atoms with van der Waals surface area (Å²) in [5.74, 6) is 0. The molecule has 1 heterocycles. The average Bonchev–Trinajstić information content (AvgIpc) is 2.80. The smallest absolute Gasteiger partial charge is 0.199 e. The van der Waals surface area contributed by atoms with E-state index in [0.29, 0.717) is 11.8 Å². The van der Waals surface area contributed by atoms with E-state index < -0.39 is 0 Å². The number of aliphatic hydroxyl groups is 1. The summed E-state index contributed by atoms with van der Waals surface area (Å²) in [4.78, 5) is 0. The van der Waals surface area contributed by atoms with E-state index in [4.69, 9.17) is 16.0 Å². The number of rotatable bonds is 7. The van der Waals surface area contributed by atoms with Crippen LogP contribution in [0.1, 0.15) is 32.3 Å². The SMILES string of the molecule is CCC(CC)(CO)CNCc1c(Cl)oc2ccccc12. The van der Waals surface area contributed by atoms with Crippen LogP contribution in [-0.2, 0) is 6.54 Å². The van der Waals surface area contributed by atoms with E-state index >= 15 is 0 Å². The van der Waals surface area contributed by atoms with Gasteiger partial charge in [-0.1, -0.05) is 32.0 Å². The van der Waals surface area contributed by atoms with Crippen molar-refractivity contribution >= 4 is 22.6 Å². The van der Waals surface area contributed by atoms with Gasteiger partial charge in [-0.05, 0) is 30.5 Å². The maximum atomic E-state index is 9.58. The van der Waals surface area contributed by atoms with Crippen LogP contribution in [0, 0.1) is 5.41 Å². The first-order valence-corrected chi connectivity index (χ1v) is 7.51. The molecule has 2 aromatic rings. The number of furan rings is 1. The van der Waals surface area contributed by atoms with Crippen LogP contribution in [-0.4, -0.2) is 18.3 Å². The van der Waals surface area contributed by atoms with Gasteiger partial charge in [-0.3, -0.25) is 0 Å². The number of hydrogen-bond acceptors (Lipinski definition) is 3. The van der Waals surface area contributed by atoms with E-state index in [0.717, 1.165) is 35.9 Å². The topological polar surface area (TPSA) is 45.4 Å². The molecule has 2 rings (SSSR count). The first kappa shape index (κ1) is 15.4. The third-order valence-corrected chi connectivity index (χ3v) is 4.59. The number of fused-ring (bicyclic) bond motifs is 1. The van der Waals surface area contributed by atoms with Crippen molar-refractivity contribution in [3.05, 3.63) is 35.0 Å². The molecule has 0 bridgehead atoms. The Bertz CT molecular complexity index is 552. The molecule has 0 amide bonds. The molecule has 0 fully saturated rings. The van der Waals surface area contributed by atoms with Gasteiger partial charge in [0.2, 0.25) is 0 Å². The molecule has 1 aromatic heterocycles. The Morgan fingerprint density at radius 3 is 2.60 bits per heavy atom. The number of nitrogens with one attached hydrogen (secondary N) is 1. The van der Waals surface area contributed by atoms with Crippen LogP contribution in [0.5, 0.6) is 0 Å². The zero-order chi connectivity index (χ0) is 14.6. The first-order valence-electron chi connectivity index (χ1n) is 7.13. The number of aliphatic hydroxyl groups excluding tert-OH is 1. The summed E-state index contributed by atoms with van der Waals surface area (Å²) < 4.78 is 5.54. The van der Waals surface area contributed by atoms with Gasteiger partial charge in [0.15, 0.2) is 5.22 Å². The van der Waals surface area contributed by atoms with Crippen LogP contribution < -0.4 is 5.32 Å². The Balaban J connectivity index is 2.08. The minimum atomic E-state index is -0.0496. The summed E-state index contributed by atoms with van der Waals surface area (Å²) in [6.07, 6.45) is 1.90. The summed E-state index contributed by atoms with van der Waals surface area (Å²) in [5.41, 5.74) is 1.75. The fourth-order valence-electron chi connectivity index (χ4n) is 2.47. The predicted octanol–water partition coefficient (Wildman–Crippen LogP) is 3.97. The predicted molar refractivity (Wildman–Crippen MR) is 83.0 cm³/mol. The zero-order valence-electron chi connectivity index (χ0n) is 12.1. The second kappa shape index (κ2) is 6.61. The molecule has 3 nitrogen and oxygen atoms in total. The first-order chi connectivity index (χ1) is 9.65. The van der Waals surface area contributed by atoms with Gasteiger partial charge in [-0.2, -0.15) is 0 Å². The van der Waals surface area contributed by atoms with Crippen LogP contribution in [0.15, 0.2) is 28.7 Å². The zero-order valence-corrected chi connectivity index (χ0v) is 12.8. The summed E-state index contributed by atoms with van der Waals surface area (Å²) in [5, 5.41) is 14.5. The standard InChI is InChI=1S/C16H22ClNO2/c1-3-16(4-2,11-19)10-18-9-13-12-7-5-6-8-14(12)20-15(13)17/h5-8,18-19H,3-4,9-11H2,1-2H3. The third-order valence-electron chi connectivity index (χ3n) is 4.29. The molecule has 20 heavy (non-hydrogen) atoms.